The molecule has 2 saturated carbocycles. The van der Waals surface area contributed by atoms with Gasteiger partial charge in [0.05, 0.1) is 13.0 Å². The molecule has 0 N–H and O–H groups in total. The summed E-state index contributed by atoms with van der Waals surface area (Å²) in [5, 5.41) is 0. The number of cyclic esters (lactones) is 1. The minimum Gasteiger partial charge on any atom is -0.465 e. The average Bonchev–Trinajstić information content (AvgIpc) is 3.17. The number of amides is 1. The SMILES string of the molecule is O=C1CC2(CO1)CC(C(=O)N1CC3(CC[C@@H](c4ccccc4)C3)C1)C2. The zero-order valence-corrected chi connectivity index (χ0v) is 14.6. The monoisotopic (exact) mass is 339 g/mol. The maximum atomic E-state index is 12.7. The summed E-state index contributed by atoms with van der Waals surface area (Å²) in [7, 11) is 0. The summed E-state index contributed by atoms with van der Waals surface area (Å²) in [4.78, 5) is 26.1. The highest BCUT2D eigenvalue weighted by Crippen LogP contribution is 2.55. The van der Waals surface area contributed by atoms with E-state index in [4.69, 9.17) is 4.74 Å². The average molecular weight is 339 g/mol. The van der Waals surface area contributed by atoms with Crippen molar-refractivity contribution < 1.29 is 14.3 Å². The molecule has 0 bridgehead atoms. The van der Waals surface area contributed by atoms with Crippen LogP contribution in [0.5, 0.6) is 0 Å². The Hall–Kier alpha value is -1.84. The van der Waals surface area contributed by atoms with Crippen LogP contribution in [0, 0.1) is 16.7 Å². The molecule has 4 aliphatic rings. The van der Waals surface area contributed by atoms with Gasteiger partial charge >= 0.3 is 5.97 Å². The number of benzene rings is 1. The maximum Gasteiger partial charge on any atom is 0.306 e. The number of hydrogen-bond acceptors (Lipinski definition) is 3. The Kier molecular flexibility index (Phi) is 3.28. The first-order valence-electron chi connectivity index (χ1n) is 9.56. The molecule has 2 spiro atoms. The van der Waals surface area contributed by atoms with Crippen LogP contribution < -0.4 is 0 Å². The van der Waals surface area contributed by atoms with Gasteiger partial charge in [-0.3, -0.25) is 9.59 Å². The van der Waals surface area contributed by atoms with Crippen LogP contribution in [0.4, 0.5) is 0 Å². The van der Waals surface area contributed by atoms with Crippen molar-refractivity contribution in [3.8, 4) is 0 Å². The first-order valence-corrected chi connectivity index (χ1v) is 9.56. The Balaban J connectivity index is 1.15. The molecular formula is C21H25NO3. The highest BCUT2D eigenvalue weighted by molar-refractivity contribution is 5.82. The first-order chi connectivity index (χ1) is 12.1. The number of carbonyl (C=O) groups excluding carboxylic acids is 2. The summed E-state index contributed by atoms with van der Waals surface area (Å²) in [5.74, 6) is 1.01. The van der Waals surface area contributed by atoms with Gasteiger partial charge in [0.15, 0.2) is 0 Å². The molecule has 2 aliphatic heterocycles. The normalized spacial score (nSPS) is 35.5. The predicted octanol–water partition coefficient (Wildman–Crippen LogP) is 3.13. The Bertz CT molecular complexity index is 701. The van der Waals surface area contributed by atoms with E-state index in [9.17, 15) is 9.59 Å². The summed E-state index contributed by atoms with van der Waals surface area (Å²) in [5.41, 5.74) is 1.81. The number of carbonyl (C=O) groups is 2. The van der Waals surface area contributed by atoms with E-state index in [-0.39, 0.29) is 17.3 Å². The maximum absolute atomic E-state index is 12.7. The number of esters is 1. The molecule has 1 aromatic carbocycles. The molecule has 1 amide bonds. The third kappa shape index (κ3) is 2.49. The van der Waals surface area contributed by atoms with Crippen molar-refractivity contribution in [2.45, 2.75) is 44.4 Å². The van der Waals surface area contributed by atoms with Gasteiger partial charge in [-0.2, -0.15) is 0 Å². The molecule has 4 heteroatoms. The molecule has 4 fully saturated rings. The van der Waals surface area contributed by atoms with Crippen molar-refractivity contribution in [2.24, 2.45) is 16.7 Å². The second-order valence-electron chi connectivity index (χ2n) is 8.99. The van der Waals surface area contributed by atoms with E-state index in [2.05, 4.69) is 35.2 Å². The van der Waals surface area contributed by atoms with Crippen molar-refractivity contribution in [1.29, 1.82) is 0 Å². The fourth-order valence-electron chi connectivity index (χ4n) is 5.75. The highest BCUT2D eigenvalue weighted by atomic mass is 16.5. The molecule has 2 heterocycles. The molecule has 0 radical (unpaired) electrons. The highest BCUT2D eigenvalue weighted by Gasteiger charge is 2.56. The predicted molar refractivity (Wildman–Crippen MR) is 92.8 cm³/mol. The van der Waals surface area contributed by atoms with E-state index in [1.54, 1.807) is 0 Å². The zero-order chi connectivity index (χ0) is 17.1. The van der Waals surface area contributed by atoms with Gasteiger partial charge in [0.1, 0.15) is 0 Å². The van der Waals surface area contributed by atoms with Crippen molar-refractivity contribution in [1.82, 2.24) is 4.90 Å². The van der Waals surface area contributed by atoms with E-state index in [1.807, 2.05) is 0 Å². The minimum atomic E-state index is -0.0910. The number of ether oxygens (including phenoxy) is 1. The Morgan fingerprint density at radius 3 is 2.52 bits per heavy atom. The summed E-state index contributed by atoms with van der Waals surface area (Å²) >= 11 is 0. The molecule has 0 unspecified atom stereocenters. The molecule has 132 valence electrons. The lowest BCUT2D eigenvalue weighted by Gasteiger charge is -2.52. The van der Waals surface area contributed by atoms with Gasteiger partial charge < -0.3 is 9.64 Å². The number of hydrogen-bond donors (Lipinski definition) is 0. The number of nitrogens with zero attached hydrogens (tertiary/aromatic N) is 1. The van der Waals surface area contributed by atoms with Gasteiger partial charge in [-0.15, -0.1) is 0 Å². The van der Waals surface area contributed by atoms with Crippen molar-refractivity contribution >= 4 is 11.9 Å². The molecule has 5 rings (SSSR count). The largest absolute Gasteiger partial charge is 0.465 e. The van der Waals surface area contributed by atoms with Crippen LogP contribution in [-0.4, -0.2) is 36.5 Å². The summed E-state index contributed by atoms with van der Waals surface area (Å²) in [6, 6.07) is 10.8. The van der Waals surface area contributed by atoms with Gasteiger partial charge in [-0.25, -0.2) is 0 Å². The molecule has 2 aliphatic carbocycles. The standard InChI is InChI=1S/C21H25NO3/c23-18-11-21(14-25-18)9-17(10-21)19(24)22-12-20(13-22)7-6-16(8-20)15-4-2-1-3-5-15/h1-5,16-17H,6-14H2/t16-,17?,21?/m1/s1. The van der Waals surface area contributed by atoms with Gasteiger partial charge in [0.2, 0.25) is 5.91 Å². The molecule has 0 aromatic heterocycles. The summed E-state index contributed by atoms with van der Waals surface area (Å²) in [6.45, 7) is 2.40. The third-order valence-electron chi connectivity index (χ3n) is 7.10. The Morgan fingerprint density at radius 2 is 1.84 bits per heavy atom. The lowest BCUT2D eigenvalue weighted by molar-refractivity contribution is -0.155. The van der Waals surface area contributed by atoms with E-state index in [1.165, 1.54) is 24.8 Å². The Morgan fingerprint density at radius 1 is 1.08 bits per heavy atom. The van der Waals surface area contributed by atoms with Crippen LogP contribution in [0.2, 0.25) is 0 Å². The van der Waals surface area contributed by atoms with Gasteiger partial charge in [-0.1, -0.05) is 30.3 Å². The van der Waals surface area contributed by atoms with Crippen LogP contribution in [0.3, 0.4) is 0 Å². The first kappa shape index (κ1) is 15.4. The van der Waals surface area contributed by atoms with E-state index in [0.29, 0.717) is 30.3 Å². The van der Waals surface area contributed by atoms with Crippen LogP contribution >= 0.6 is 0 Å². The minimum absolute atomic E-state index is 0.00821. The van der Waals surface area contributed by atoms with Crippen LogP contribution in [0.1, 0.15) is 50.0 Å². The summed E-state index contributed by atoms with van der Waals surface area (Å²) < 4.78 is 5.11. The molecule has 2 saturated heterocycles. The second kappa shape index (κ2) is 5.33. The van der Waals surface area contributed by atoms with Crippen LogP contribution in [0.15, 0.2) is 30.3 Å². The van der Waals surface area contributed by atoms with E-state index in [0.717, 1.165) is 25.9 Å². The van der Waals surface area contributed by atoms with Crippen LogP contribution in [0.25, 0.3) is 0 Å². The van der Waals surface area contributed by atoms with Crippen LogP contribution in [-0.2, 0) is 14.3 Å². The second-order valence-corrected chi connectivity index (χ2v) is 8.99. The summed E-state index contributed by atoms with van der Waals surface area (Å²) in [6.07, 6.45) is 5.91. The lowest BCUT2D eigenvalue weighted by atomic mass is 9.60. The Labute approximate surface area is 148 Å². The van der Waals surface area contributed by atoms with Gasteiger partial charge in [0.25, 0.3) is 0 Å². The van der Waals surface area contributed by atoms with E-state index >= 15 is 0 Å². The van der Waals surface area contributed by atoms with Gasteiger partial charge in [0, 0.05) is 29.8 Å². The number of rotatable bonds is 2. The molecule has 1 atom stereocenters. The molecule has 25 heavy (non-hydrogen) atoms. The quantitative estimate of drug-likeness (QED) is 0.778. The lowest BCUT2D eigenvalue weighted by Crippen LogP contribution is -2.60. The fraction of sp³-hybridized carbons (Fsp3) is 0.619. The molecule has 1 aromatic rings. The smallest absolute Gasteiger partial charge is 0.306 e. The van der Waals surface area contributed by atoms with Crippen molar-refractivity contribution in [2.75, 3.05) is 19.7 Å². The van der Waals surface area contributed by atoms with E-state index < -0.39 is 0 Å². The molecule has 4 nitrogen and oxygen atoms in total. The fourth-order valence-corrected chi connectivity index (χ4v) is 5.75. The van der Waals surface area contributed by atoms with Crippen molar-refractivity contribution in [3.05, 3.63) is 35.9 Å². The molecular weight excluding hydrogens is 314 g/mol. The topological polar surface area (TPSA) is 46.6 Å². The number of likely N-dealkylation sites (tertiary alicyclic amines) is 1. The third-order valence-corrected chi connectivity index (χ3v) is 7.10. The van der Waals surface area contributed by atoms with Crippen molar-refractivity contribution in [3.63, 3.8) is 0 Å². The zero-order valence-electron chi connectivity index (χ0n) is 14.6. The van der Waals surface area contributed by atoms with Gasteiger partial charge in [-0.05, 0) is 43.6 Å².